The minimum Gasteiger partial charge on any atom is -0.386 e. The van der Waals surface area contributed by atoms with E-state index in [2.05, 4.69) is 21.8 Å². The van der Waals surface area contributed by atoms with Gasteiger partial charge in [-0.3, -0.25) is 0 Å². The first-order valence-electron chi connectivity index (χ1n) is 1.36. The maximum Gasteiger partial charge on any atom is 0.115 e. The van der Waals surface area contributed by atoms with E-state index in [0.29, 0.717) is 6.61 Å². The van der Waals surface area contributed by atoms with Crippen LogP contribution < -0.4 is 0 Å². The molecule has 5 heavy (non-hydrogen) atoms. The van der Waals surface area contributed by atoms with Crippen LogP contribution in [0.4, 0.5) is 0 Å². The van der Waals surface area contributed by atoms with Crippen LogP contribution in [0, 0.1) is 0 Å². The Balaban J connectivity index is 2.40. The van der Waals surface area contributed by atoms with Crippen molar-refractivity contribution in [3.63, 3.8) is 0 Å². The van der Waals surface area contributed by atoms with E-state index in [0.717, 1.165) is 0 Å². The number of nitrogens with zero attached hydrogens (tertiary/aromatic N) is 1. The molecule has 0 amide bonds. The fourth-order valence-electron chi connectivity index (χ4n) is 0.0527. The molecule has 0 aromatic carbocycles. The van der Waals surface area contributed by atoms with Gasteiger partial charge in [-0.1, -0.05) is 0 Å². The molecule has 0 saturated heterocycles. The molecule has 0 atom stereocenters. The maximum absolute atomic E-state index is 4.27. The number of hydrogen-bond acceptors (Lipinski definition) is 3. The zero-order valence-corrected chi connectivity index (χ0v) is 3.79. The first-order valence-corrected chi connectivity index (χ1v) is 1.73. The summed E-state index contributed by atoms with van der Waals surface area (Å²) in [6.07, 6.45) is 0. The molecule has 0 aromatic heterocycles. The van der Waals surface area contributed by atoms with E-state index in [1.165, 1.54) is 0 Å². The monoisotopic (exact) mass is 91.0 g/mol. The van der Waals surface area contributed by atoms with Crippen LogP contribution in [-0.4, -0.2) is 6.61 Å². The Hall–Kier alpha value is -0.180. The number of rotatable bonds is 2. The van der Waals surface area contributed by atoms with E-state index < -0.39 is 0 Å². The molecule has 0 aliphatic rings. The molecule has 0 N–H and O–H groups in total. The molecule has 2 nitrogen and oxygen atoms in total. The van der Waals surface area contributed by atoms with Crippen molar-refractivity contribution in [2.75, 3.05) is 6.61 Å². The number of hydrogen-bond donors (Lipinski definition) is 0. The van der Waals surface area contributed by atoms with E-state index in [4.69, 9.17) is 0 Å². The van der Waals surface area contributed by atoms with E-state index in [9.17, 15) is 0 Å². The highest BCUT2D eigenvalue weighted by molar-refractivity contribution is 7.47. The van der Waals surface area contributed by atoms with Gasteiger partial charge in [0.25, 0.3) is 0 Å². The molecule has 3 heteroatoms. The summed E-state index contributed by atoms with van der Waals surface area (Å²) in [6, 6.07) is 0. The highest BCUT2D eigenvalue weighted by atomic mass is 32.1. The van der Waals surface area contributed by atoms with Crippen LogP contribution in [0.3, 0.4) is 0 Å². The van der Waals surface area contributed by atoms with Gasteiger partial charge in [-0.15, -0.1) is 0 Å². The minimum absolute atomic E-state index is 0.573. The minimum atomic E-state index is 0.573. The fraction of sp³-hybridized carbons (Fsp3) is 1.00. The van der Waals surface area contributed by atoms with Gasteiger partial charge in [-0.05, 0) is 11.4 Å². The first kappa shape index (κ1) is 4.82. The summed E-state index contributed by atoms with van der Waals surface area (Å²) in [5.41, 5.74) is 0. The van der Waals surface area contributed by atoms with E-state index in [-0.39, 0.29) is 0 Å². The Bertz CT molecular complexity index is 30.8. The molecule has 30 valence electrons. The third-order valence-corrected chi connectivity index (χ3v) is 0.287. The van der Waals surface area contributed by atoms with Crippen LogP contribution in [0.1, 0.15) is 6.92 Å². The normalized spacial score (nSPS) is 6.60. The van der Waals surface area contributed by atoms with Crippen LogP contribution >= 0.6 is 0 Å². The van der Waals surface area contributed by atoms with Crippen LogP contribution in [0.25, 0.3) is 0 Å². The van der Waals surface area contributed by atoms with Crippen molar-refractivity contribution < 1.29 is 4.84 Å². The van der Waals surface area contributed by atoms with Gasteiger partial charge in [0.1, 0.15) is 6.61 Å². The van der Waals surface area contributed by atoms with Crippen molar-refractivity contribution in [2.45, 2.75) is 6.92 Å². The lowest BCUT2D eigenvalue weighted by Gasteiger charge is -1.79. The molecule has 0 aromatic rings. The van der Waals surface area contributed by atoms with Gasteiger partial charge < -0.3 is 4.84 Å². The summed E-state index contributed by atoms with van der Waals surface area (Å²) in [5, 5.41) is 0. The van der Waals surface area contributed by atoms with Crippen LogP contribution in [0.2, 0.25) is 0 Å². The predicted molar refractivity (Wildman–Crippen MR) is 21.4 cm³/mol. The Labute approximate surface area is 36.3 Å². The van der Waals surface area contributed by atoms with Gasteiger partial charge in [0.05, 0.1) is 12.4 Å². The molecule has 0 radical (unpaired) electrons. The smallest absolute Gasteiger partial charge is 0.115 e. The second-order valence-corrected chi connectivity index (χ2v) is 0.641. The predicted octanol–water partition coefficient (Wildman–Crippen LogP) is 0.668. The summed E-state index contributed by atoms with van der Waals surface area (Å²) in [5.74, 6) is 0. The molecule has 0 aliphatic carbocycles. The Morgan fingerprint density at radius 2 is 2.60 bits per heavy atom. The van der Waals surface area contributed by atoms with Gasteiger partial charge in [0.2, 0.25) is 0 Å². The fourth-order valence-corrected chi connectivity index (χ4v) is 0.158. The maximum atomic E-state index is 4.27. The summed E-state index contributed by atoms with van der Waals surface area (Å²) >= 11 is 4.05. The Kier molecular flexibility index (Phi) is 3.68. The van der Waals surface area contributed by atoms with Gasteiger partial charge >= 0.3 is 0 Å². The van der Waals surface area contributed by atoms with Crippen LogP contribution in [0.15, 0.2) is 4.53 Å². The van der Waals surface area contributed by atoms with E-state index in [1.807, 2.05) is 6.92 Å². The molecule has 0 heterocycles. The third-order valence-electron chi connectivity index (χ3n) is 0.182. The second-order valence-electron chi connectivity index (χ2n) is 0.492. The molecule has 0 rings (SSSR count). The van der Waals surface area contributed by atoms with Crippen molar-refractivity contribution in [1.29, 1.82) is 0 Å². The van der Waals surface area contributed by atoms with Crippen molar-refractivity contribution in [2.24, 2.45) is 4.53 Å². The van der Waals surface area contributed by atoms with Crippen LogP contribution in [0.5, 0.6) is 0 Å². The average molecular weight is 91.1 g/mol. The van der Waals surface area contributed by atoms with Crippen molar-refractivity contribution >= 4 is 12.4 Å². The van der Waals surface area contributed by atoms with E-state index in [1.54, 1.807) is 0 Å². The lowest BCUT2D eigenvalue weighted by molar-refractivity contribution is 0.166. The third kappa shape index (κ3) is 3.82. The van der Waals surface area contributed by atoms with Crippen LogP contribution in [-0.2, 0) is 17.3 Å². The van der Waals surface area contributed by atoms with Gasteiger partial charge in [0.15, 0.2) is 0 Å². The average Bonchev–Trinajstić information content (AvgIpc) is 1.41. The standard InChI is InChI=1S/C2H5NOS/c1-2-4-3-5/h2H2,1H3. The SMILES string of the molecule is CCON=S. The molecule has 0 aliphatic heterocycles. The lowest BCUT2D eigenvalue weighted by atomic mass is 10.9. The molecule has 0 unspecified atom stereocenters. The molecule has 0 saturated carbocycles. The second kappa shape index (κ2) is 3.82. The summed E-state index contributed by atoms with van der Waals surface area (Å²) in [4.78, 5) is 4.27. The molecule has 0 fully saturated rings. The molecular weight excluding hydrogens is 86.1 g/mol. The lowest BCUT2D eigenvalue weighted by Crippen LogP contribution is -1.72. The highest BCUT2D eigenvalue weighted by Crippen LogP contribution is 1.65. The zero-order valence-electron chi connectivity index (χ0n) is 2.97. The van der Waals surface area contributed by atoms with Crippen molar-refractivity contribution in [1.82, 2.24) is 0 Å². The van der Waals surface area contributed by atoms with Gasteiger partial charge in [-0.2, -0.15) is 0 Å². The zero-order chi connectivity index (χ0) is 4.12. The van der Waals surface area contributed by atoms with Crippen molar-refractivity contribution in [3.8, 4) is 0 Å². The van der Waals surface area contributed by atoms with Gasteiger partial charge in [0, 0.05) is 0 Å². The molecule has 0 bridgehead atoms. The Morgan fingerprint density at radius 3 is 2.60 bits per heavy atom. The molecule has 0 spiro atoms. The highest BCUT2D eigenvalue weighted by Gasteiger charge is 1.59. The Morgan fingerprint density at radius 1 is 2.00 bits per heavy atom. The largest absolute Gasteiger partial charge is 0.386 e. The van der Waals surface area contributed by atoms with E-state index >= 15 is 0 Å². The summed E-state index contributed by atoms with van der Waals surface area (Å²) in [7, 11) is 0. The van der Waals surface area contributed by atoms with Gasteiger partial charge in [-0.25, -0.2) is 0 Å². The topological polar surface area (TPSA) is 21.6 Å². The first-order chi connectivity index (χ1) is 2.41. The summed E-state index contributed by atoms with van der Waals surface area (Å²) in [6.45, 7) is 2.40. The quantitative estimate of drug-likeness (QED) is 0.466. The summed E-state index contributed by atoms with van der Waals surface area (Å²) < 4.78 is 2.94. The van der Waals surface area contributed by atoms with Crippen molar-refractivity contribution in [3.05, 3.63) is 0 Å². The molecular formula is C2H5NOS.